The lowest BCUT2D eigenvalue weighted by Crippen LogP contribution is -2.45. The highest BCUT2D eigenvalue weighted by Crippen LogP contribution is 2.25. The summed E-state index contributed by atoms with van der Waals surface area (Å²) in [4.78, 5) is 16.6. The minimum absolute atomic E-state index is 0. The van der Waals surface area contributed by atoms with Gasteiger partial charge in [0.25, 0.3) is 0 Å². The van der Waals surface area contributed by atoms with E-state index in [4.69, 9.17) is 21.9 Å². The van der Waals surface area contributed by atoms with Gasteiger partial charge in [-0.25, -0.2) is 0 Å². The van der Waals surface area contributed by atoms with Crippen LogP contribution in [0.4, 0.5) is 0 Å². The van der Waals surface area contributed by atoms with E-state index in [0.717, 1.165) is 5.56 Å². The number of nitrogens with one attached hydrogen (secondary N) is 1. The Morgan fingerprint density at radius 3 is 2.67 bits per heavy atom. The Kier molecular flexibility index (Phi) is 7.66. The molecule has 2 rings (SSSR count). The lowest BCUT2D eigenvalue weighted by Gasteiger charge is -2.28. The number of hydrogen-bond acceptors (Lipinski definition) is 5. The van der Waals surface area contributed by atoms with Crippen LogP contribution >= 0.6 is 24.0 Å². The van der Waals surface area contributed by atoms with E-state index < -0.39 is 5.41 Å². The third kappa shape index (κ3) is 4.47. The van der Waals surface area contributed by atoms with Crippen LogP contribution in [0.25, 0.3) is 11.4 Å². The lowest BCUT2D eigenvalue weighted by molar-refractivity contribution is -0.131. The molecule has 0 saturated carbocycles. The second-order valence-corrected chi connectivity index (χ2v) is 5.83. The molecule has 0 aliphatic rings. The summed E-state index contributed by atoms with van der Waals surface area (Å²) >= 11 is 5.95. The molecular weight excluding hydrogens is 351 g/mol. The van der Waals surface area contributed by atoms with Crippen LogP contribution in [0.3, 0.4) is 0 Å². The van der Waals surface area contributed by atoms with Crippen molar-refractivity contribution in [1.29, 1.82) is 0 Å². The summed E-state index contributed by atoms with van der Waals surface area (Å²) in [6.45, 7) is 4.40. The molecule has 2 aromatic rings. The maximum absolute atomic E-state index is 12.4. The Balaban J connectivity index is 0.00000288. The van der Waals surface area contributed by atoms with Crippen molar-refractivity contribution in [3.05, 3.63) is 35.2 Å². The fourth-order valence-electron chi connectivity index (χ4n) is 2.37. The van der Waals surface area contributed by atoms with E-state index in [1.807, 2.05) is 26.0 Å². The number of nitrogens with two attached hydrogens (primary N) is 1. The standard InChI is InChI=1S/C16H21ClN4O2.ClH/c1-3-16(4-2,10-18)15(22)19-9-13-20-14(21-23-13)11-6-5-7-12(17)8-11;/h5-8H,3-4,9-10,18H2,1-2H3,(H,19,22);1H. The van der Waals surface area contributed by atoms with Gasteiger partial charge in [0.2, 0.25) is 17.6 Å². The zero-order chi connectivity index (χ0) is 16.9. The lowest BCUT2D eigenvalue weighted by atomic mass is 9.81. The van der Waals surface area contributed by atoms with Crippen molar-refractivity contribution in [3.63, 3.8) is 0 Å². The average molecular weight is 373 g/mol. The maximum Gasteiger partial charge on any atom is 0.246 e. The minimum Gasteiger partial charge on any atom is -0.346 e. The second-order valence-electron chi connectivity index (χ2n) is 5.40. The molecule has 1 aromatic carbocycles. The van der Waals surface area contributed by atoms with Crippen LogP contribution in [0.15, 0.2) is 28.8 Å². The first-order chi connectivity index (χ1) is 11.0. The molecule has 0 atom stereocenters. The Labute approximate surface area is 152 Å². The average Bonchev–Trinajstić information content (AvgIpc) is 3.04. The summed E-state index contributed by atoms with van der Waals surface area (Å²) in [7, 11) is 0. The highest BCUT2D eigenvalue weighted by molar-refractivity contribution is 6.30. The molecule has 0 fully saturated rings. The Morgan fingerprint density at radius 2 is 2.08 bits per heavy atom. The molecule has 0 saturated heterocycles. The number of benzene rings is 1. The van der Waals surface area contributed by atoms with Gasteiger partial charge in [-0.05, 0) is 25.0 Å². The summed E-state index contributed by atoms with van der Waals surface area (Å²) in [5.74, 6) is 0.687. The van der Waals surface area contributed by atoms with Crippen molar-refractivity contribution < 1.29 is 9.32 Å². The molecular formula is C16H22Cl2N4O2. The molecule has 1 amide bonds. The van der Waals surface area contributed by atoms with Crippen LogP contribution in [-0.4, -0.2) is 22.6 Å². The normalized spacial score (nSPS) is 11.0. The smallest absolute Gasteiger partial charge is 0.246 e. The van der Waals surface area contributed by atoms with E-state index in [1.165, 1.54) is 0 Å². The SMILES string of the molecule is CCC(CC)(CN)C(=O)NCc1nc(-c2cccc(Cl)c2)no1.Cl. The van der Waals surface area contributed by atoms with Crippen molar-refractivity contribution in [1.82, 2.24) is 15.5 Å². The zero-order valence-electron chi connectivity index (χ0n) is 13.7. The number of rotatable bonds is 7. The van der Waals surface area contributed by atoms with Crippen LogP contribution < -0.4 is 11.1 Å². The van der Waals surface area contributed by atoms with Gasteiger partial charge in [0.1, 0.15) is 0 Å². The van der Waals surface area contributed by atoms with Gasteiger partial charge in [0, 0.05) is 17.1 Å². The molecule has 0 unspecified atom stereocenters. The highest BCUT2D eigenvalue weighted by atomic mass is 35.5. The highest BCUT2D eigenvalue weighted by Gasteiger charge is 2.33. The monoisotopic (exact) mass is 372 g/mol. The van der Waals surface area contributed by atoms with E-state index in [-0.39, 0.29) is 24.9 Å². The van der Waals surface area contributed by atoms with E-state index in [1.54, 1.807) is 12.1 Å². The largest absolute Gasteiger partial charge is 0.346 e. The predicted molar refractivity (Wildman–Crippen MR) is 95.9 cm³/mol. The van der Waals surface area contributed by atoms with E-state index in [2.05, 4.69) is 15.5 Å². The number of carbonyl (C=O) groups excluding carboxylic acids is 1. The molecule has 8 heteroatoms. The van der Waals surface area contributed by atoms with Gasteiger partial charge in [0.05, 0.1) is 12.0 Å². The van der Waals surface area contributed by atoms with Gasteiger partial charge >= 0.3 is 0 Å². The van der Waals surface area contributed by atoms with Gasteiger partial charge < -0.3 is 15.6 Å². The van der Waals surface area contributed by atoms with Crippen LogP contribution in [0.1, 0.15) is 32.6 Å². The minimum atomic E-state index is -0.546. The van der Waals surface area contributed by atoms with Crippen molar-refractivity contribution in [3.8, 4) is 11.4 Å². The van der Waals surface area contributed by atoms with Crippen LogP contribution in [-0.2, 0) is 11.3 Å². The molecule has 132 valence electrons. The third-order valence-electron chi connectivity index (χ3n) is 4.18. The first kappa shape index (κ1) is 20.4. The Bertz CT molecular complexity index is 663. The number of aromatic nitrogens is 2. The van der Waals surface area contributed by atoms with E-state index >= 15 is 0 Å². The summed E-state index contributed by atoms with van der Waals surface area (Å²) < 4.78 is 5.17. The predicted octanol–water partition coefficient (Wildman–Crippen LogP) is 3.19. The second kappa shape index (κ2) is 9.01. The fraction of sp³-hybridized carbons (Fsp3) is 0.438. The first-order valence-corrected chi connectivity index (χ1v) is 7.99. The number of hydrogen-bond donors (Lipinski definition) is 2. The quantitative estimate of drug-likeness (QED) is 0.777. The van der Waals surface area contributed by atoms with Crippen molar-refractivity contribution in [2.45, 2.75) is 33.2 Å². The molecule has 0 radical (unpaired) electrons. The maximum atomic E-state index is 12.4. The summed E-state index contributed by atoms with van der Waals surface area (Å²) in [6.07, 6.45) is 1.37. The van der Waals surface area contributed by atoms with Crippen molar-refractivity contribution in [2.75, 3.05) is 6.54 Å². The molecule has 6 nitrogen and oxygen atoms in total. The Hall–Kier alpha value is -1.63. The van der Waals surface area contributed by atoms with E-state index in [9.17, 15) is 4.79 Å². The summed E-state index contributed by atoms with van der Waals surface area (Å²) in [5, 5.41) is 7.33. The first-order valence-electron chi connectivity index (χ1n) is 7.61. The molecule has 0 spiro atoms. The molecule has 0 aliphatic heterocycles. The van der Waals surface area contributed by atoms with Crippen LogP contribution in [0.2, 0.25) is 5.02 Å². The van der Waals surface area contributed by atoms with E-state index in [0.29, 0.717) is 36.1 Å². The molecule has 1 aromatic heterocycles. The Morgan fingerprint density at radius 1 is 1.38 bits per heavy atom. The van der Waals surface area contributed by atoms with Gasteiger partial charge in [-0.2, -0.15) is 4.98 Å². The van der Waals surface area contributed by atoms with Gasteiger partial charge in [-0.3, -0.25) is 4.79 Å². The van der Waals surface area contributed by atoms with Gasteiger partial charge in [0.15, 0.2) is 0 Å². The van der Waals surface area contributed by atoms with Crippen LogP contribution in [0, 0.1) is 5.41 Å². The molecule has 3 N–H and O–H groups in total. The molecule has 1 heterocycles. The van der Waals surface area contributed by atoms with Crippen LogP contribution in [0.5, 0.6) is 0 Å². The van der Waals surface area contributed by atoms with Gasteiger partial charge in [-0.15, -0.1) is 12.4 Å². The fourth-order valence-corrected chi connectivity index (χ4v) is 2.56. The number of amides is 1. The number of carbonyl (C=O) groups is 1. The number of halogens is 2. The molecule has 24 heavy (non-hydrogen) atoms. The number of nitrogens with zero attached hydrogens (tertiary/aromatic N) is 2. The zero-order valence-corrected chi connectivity index (χ0v) is 15.3. The van der Waals surface area contributed by atoms with Crippen molar-refractivity contribution >= 4 is 29.9 Å². The molecule has 0 aliphatic carbocycles. The molecule has 0 bridgehead atoms. The summed E-state index contributed by atoms with van der Waals surface area (Å²) in [6, 6.07) is 7.18. The third-order valence-corrected chi connectivity index (χ3v) is 4.41. The van der Waals surface area contributed by atoms with Gasteiger partial charge in [-0.1, -0.05) is 42.7 Å². The van der Waals surface area contributed by atoms with Crippen molar-refractivity contribution in [2.24, 2.45) is 11.1 Å². The topological polar surface area (TPSA) is 94.0 Å². The summed E-state index contributed by atoms with van der Waals surface area (Å²) in [5.41, 5.74) is 5.98.